The number of hydrogen-bond donors (Lipinski definition) is 0. The zero-order valence-corrected chi connectivity index (χ0v) is 18.0. The molecule has 2 aromatic heterocycles. The van der Waals surface area contributed by atoms with Crippen molar-refractivity contribution in [3.8, 4) is 22.8 Å². The topological polar surface area (TPSA) is 67.4 Å². The Bertz CT molecular complexity index is 1430. The monoisotopic (exact) mass is 467 g/mol. The molecule has 0 radical (unpaired) electrons. The Morgan fingerprint density at radius 2 is 1.77 bits per heavy atom. The van der Waals surface area contributed by atoms with Gasteiger partial charge in [-0.15, -0.1) is 0 Å². The van der Waals surface area contributed by atoms with E-state index in [4.69, 9.17) is 9.47 Å². The van der Waals surface area contributed by atoms with Crippen molar-refractivity contribution in [1.82, 2.24) is 13.7 Å². The second-order valence-electron chi connectivity index (χ2n) is 7.24. The van der Waals surface area contributed by atoms with Crippen LogP contribution in [0.5, 0.6) is 11.5 Å². The smallest absolute Gasteiger partial charge is 0.330 e. The van der Waals surface area contributed by atoms with E-state index in [1.165, 1.54) is 11.6 Å². The van der Waals surface area contributed by atoms with Crippen molar-refractivity contribution in [2.75, 3.05) is 6.79 Å². The molecule has 2 aromatic carbocycles. The molecule has 0 N–H and O–H groups in total. The lowest BCUT2D eigenvalue weighted by Gasteiger charge is -2.12. The fourth-order valence-corrected chi connectivity index (χ4v) is 4.37. The summed E-state index contributed by atoms with van der Waals surface area (Å²) in [5, 5.41) is 0.507. The Balaban J connectivity index is 1.79. The van der Waals surface area contributed by atoms with Gasteiger partial charge in [0.1, 0.15) is 0 Å². The molecular formula is C22H18BrN3O4. The van der Waals surface area contributed by atoms with E-state index in [-0.39, 0.29) is 18.0 Å². The van der Waals surface area contributed by atoms with Crippen LogP contribution in [0.4, 0.5) is 0 Å². The molecule has 8 heteroatoms. The second kappa shape index (κ2) is 6.91. The first-order valence-corrected chi connectivity index (χ1v) is 10.2. The number of nitrogens with zero attached hydrogens (tertiary/aromatic N) is 3. The minimum Gasteiger partial charge on any atom is -0.454 e. The van der Waals surface area contributed by atoms with Crippen LogP contribution >= 0.6 is 15.9 Å². The highest BCUT2D eigenvalue weighted by atomic mass is 79.9. The quantitative estimate of drug-likeness (QED) is 0.463. The maximum absolute atomic E-state index is 13.1. The first-order valence-electron chi connectivity index (χ1n) is 9.38. The average Bonchev–Trinajstić information content (AvgIpc) is 3.35. The number of aromatic nitrogens is 3. The zero-order chi connectivity index (χ0) is 21.0. The van der Waals surface area contributed by atoms with Crippen molar-refractivity contribution in [3.63, 3.8) is 0 Å². The van der Waals surface area contributed by atoms with Gasteiger partial charge in [0.25, 0.3) is 5.56 Å². The first kappa shape index (κ1) is 18.7. The molecule has 0 spiro atoms. The predicted octanol–water partition coefficient (Wildman–Crippen LogP) is 3.25. The van der Waals surface area contributed by atoms with E-state index in [1.54, 1.807) is 7.05 Å². The highest BCUT2D eigenvalue weighted by Crippen LogP contribution is 2.36. The molecule has 0 saturated heterocycles. The molecule has 1 aliphatic rings. The molecule has 5 rings (SSSR count). The van der Waals surface area contributed by atoms with Crippen LogP contribution in [0.2, 0.25) is 0 Å². The first-order chi connectivity index (χ1) is 14.5. The van der Waals surface area contributed by atoms with Crippen LogP contribution in [0.15, 0.2) is 62.7 Å². The van der Waals surface area contributed by atoms with Crippen LogP contribution < -0.4 is 20.7 Å². The summed E-state index contributed by atoms with van der Waals surface area (Å²) in [4.78, 5) is 25.6. The van der Waals surface area contributed by atoms with Crippen LogP contribution in [-0.2, 0) is 20.6 Å². The molecule has 1 aliphatic heterocycles. The number of rotatable bonds is 3. The number of aryl methyl sites for hydroxylation is 1. The van der Waals surface area contributed by atoms with E-state index < -0.39 is 0 Å². The largest absolute Gasteiger partial charge is 0.454 e. The van der Waals surface area contributed by atoms with Gasteiger partial charge in [0.15, 0.2) is 11.5 Å². The van der Waals surface area contributed by atoms with Crippen LogP contribution in [0.1, 0.15) is 5.56 Å². The maximum Gasteiger partial charge on any atom is 0.330 e. The number of halogens is 1. The fourth-order valence-electron chi connectivity index (χ4n) is 3.89. The Morgan fingerprint density at radius 1 is 1.00 bits per heavy atom. The van der Waals surface area contributed by atoms with Crippen molar-refractivity contribution in [3.05, 3.63) is 79.5 Å². The lowest BCUT2D eigenvalue weighted by atomic mass is 10.1. The minimum atomic E-state index is -0.355. The lowest BCUT2D eigenvalue weighted by molar-refractivity contribution is 0.174. The molecule has 0 unspecified atom stereocenters. The number of benzene rings is 2. The molecule has 0 bridgehead atoms. The molecule has 0 fully saturated rings. The van der Waals surface area contributed by atoms with Gasteiger partial charge >= 0.3 is 5.69 Å². The van der Waals surface area contributed by atoms with E-state index in [0.29, 0.717) is 23.2 Å². The third kappa shape index (κ3) is 2.79. The number of fused-ring (bicyclic) bond motifs is 2. The van der Waals surface area contributed by atoms with Crippen molar-refractivity contribution in [2.45, 2.75) is 6.54 Å². The lowest BCUT2D eigenvalue weighted by Crippen LogP contribution is -2.36. The average molecular weight is 468 g/mol. The van der Waals surface area contributed by atoms with Crippen molar-refractivity contribution in [1.29, 1.82) is 0 Å². The van der Waals surface area contributed by atoms with Crippen molar-refractivity contribution < 1.29 is 9.47 Å². The van der Waals surface area contributed by atoms with Crippen LogP contribution in [-0.4, -0.2) is 20.5 Å². The van der Waals surface area contributed by atoms with Crippen LogP contribution in [0.25, 0.3) is 22.2 Å². The number of hydrogen-bond acceptors (Lipinski definition) is 4. The summed E-state index contributed by atoms with van der Waals surface area (Å²) in [6, 6.07) is 13.5. The summed E-state index contributed by atoms with van der Waals surface area (Å²) in [5.41, 5.74) is 2.55. The summed E-state index contributed by atoms with van der Waals surface area (Å²) in [5.74, 6) is 1.42. The Kier molecular flexibility index (Phi) is 4.32. The fraction of sp³-hybridized carbons (Fsp3) is 0.182. The van der Waals surface area contributed by atoms with E-state index in [1.807, 2.05) is 53.2 Å². The van der Waals surface area contributed by atoms with E-state index in [2.05, 4.69) is 15.9 Å². The normalized spacial score (nSPS) is 12.6. The van der Waals surface area contributed by atoms with Gasteiger partial charge in [-0.25, -0.2) is 4.79 Å². The third-order valence-corrected chi connectivity index (χ3v) is 6.12. The predicted molar refractivity (Wildman–Crippen MR) is 117 cm³/mol. The van der Waals surface area contributed by atoms with Gasteiger partial charge in [-0.3, -0.25) is 13.9 Å². The van der Waals surface area contributed by atoms with Gasteiger partial charge in [-0.1, -0.05) is 40.2 Å². The van der Waals surface area contributed by atoms with E-state index in [0.717, 1.165) is 31.6 Å². The van der Waals surface area contributed by atoms with Gasteiger partial charge in [-0.2, -0.15) is 0 Å². The standard InChI is InChI=1S/C22H18BrN3O4/c1-24-16-11-26(10-13-7-8-17-18(9-13)30-12-29-17)20(14-5-3-4-6-15(14)23)19(16)21(27)25(2)22(24)28/h3-9,11H,10,12H2,1-2H3. The Morgan fingerprint density at radius 3 is 2.57 bits per heavy atom. The summed E-state index contributed by atoms with van der Waals surface area (Å²) in [6.45, 7) is 0.714. The molecular weight excluding hydrogens is 450 g/mol. The highest BCUT2D eigenvalue weighted by Gasteiger charge is 2.21. The Labute approximate surface area is 179 Å². The minimum absolute atomic E-state index is 0.215. The van der Waals surface area contributed by atoms with E-state index >= 15 is 0 Å². The van der Waals surface area contributed by atoms with E-state index in [9.17, 15) is 9.59 Å². The molecule has 0 aliphatic carbocycles. The number of ether oxygens (including phenoxy) is 2. The highest BCUT2D eigenvalue weighted by molar-refractivity contribution is 9.10. The molecule has 7 nitrogen and oxygen atoms in total. The van der Waals surface area contributed by atoms with Crippen molar-refractivity contribution >= 4 is 26.8 Å². The van der Waals surface area contributed by atoms with Gasteiger partial charge < -0.3 is 14.0 Å². The summed E-state index contributed by atoms with van der Waals surface area (Å²) in [7, 11) is 3.18. The molecule has 152 valence electrons. The van der Waals surface area contributed by atoms with Gasteiger partial charge in [0.05, 0.1) is 16.6 Å². The van der Waals surface area contributed by atoms with Gasteiger partial charge in [0.2, 0.25) is 6.79 Å². The van der Waals surface area contributed by atoms with Crippen molar-refractivity contribution in [2.24, 2.45) is 14.1 Å². The molecule has 30 heavy (non-hydrogen) atoms. The zero-order valence-electron chi connectivity index (χ0n) is 16.4. The molecule has 0 amide bonds. The Hall–Kier alpha value is -3.26. The third-order valence-electron chi connectivity index (χ3n) is 5.43. The molecule has 0 saturated carbocycles. The maximum atomic E-state index is 13.1. The van der Waals surface area contributed by atoms with Gasteiger partial charge in [-0.05, 0) is 23.8 Å². The SMILES string of the molecule is Cn1c(=O)c2c(-c3ccccc3Br)n(Cc3ccc4c(c3)OCO4)cc2n(C)c1=O. The van der Waals surface area contributed by atoms with Crippen LogP contribution in [0, 0.1) is 0 Å². The molecule has 3 heterocycles. The van der Waals surface area contributed by atoms with Crippen LogP contribution in [0.3, 0.4) is 0 Å². The summed E-state index contributed by atoms with van der Waals surface area (Å²) < 4.78 is 16.4. The summed E-state index contributed by atoms with van der Waals surface area (Å²) >= 11 is 3.61. The van der Waals surface area contributed by atoms with Gasteiger partial charge in [0, 0.05) is 36.9 Å². The molecule has 0 atom stereocenters. The second-order valence-corrected chi connectivity index (χ2v) is 8.09. The summed E-state index contributed by atoms with van der Waals surface area (Å²) in [6.07, 6.45) is 1.86. The molecule has 4 aromatic rings.